The van der Waals surface area contributed by atoms with Gasteiger partial charge in [0.15, 0.2) is 0 Å². The van der Waals surface area contributed by atoms with E-state index >= 15 is 0 Å². The van der Waals surface area contributed by atoms with Crippen LogP contribution in [-0.4, -0.2) is 36.5 Å². The van der Waals surface area contributed by atoms with Gasteiger partial charge in [-0.25, -0.2) is 0 Å². The van der Waals surface area contributed by atoms with Gasteiger partial charge in [0, 0.05) is 45.7 Å². The van der Waals surface area contributed by atoms with Gasteiger partial charge in [0.25, 0.3) is 0 Å². The molecular formula is C19H26N2O3. The monoisotopic (exact) mass is 330 g/mol. The second-order valence-corrected chi connectivity index (χ2v) is 6.75. The molecule has 0 radical (unpaired) electrons. The van der Waals surface area contributed by atoms with E-state index in [1.807, 2.05) is 29.2 Å². The second kappa shape index (κ2) is 8.29. The number of carbonyl (C=O) groups is 2. The zero-order valence-corrected chi connectivity index (χ0v) is 14.1. The maximum absolute atomic E-state index is 12.2. The van der Waals surface area contributed by atoms with E-state index in [2.05, 4.69) is 5.32 Å². The Balaban J connectivity index is 1.52. The molecule has 0 unspecified atom stereocenters. The molecule has 0 saturated carbocycles. The summed E-state index contributed by atoms with van der Waals surface area (Å²) in [5.74, 6) is 0.653. The predicted molar refractivity (Wildman–Crippen MR) is 91.1 cm³/mol. The van der Waals surface area contributed by atoms with Gasteiger partial charge in [-0.2, -0.15) is 0 Å². The number of likely N-dealkylation sites (tertiary alicyclic amines) is 1. The zero-order valence-electron chi connectivity index (χ0n) is 14.1. The third-order valence-electron chi connectivity index (χ3n) is 4.86. The summed E-state index contributed by atoms with van der Waals surface area (Å²) >= 11 is 0. The summed E-state index contributed by atoms with van der Waals surface area (Å²) in [6.45, 7) is 3.51. The lowest BCUT2D eigenvalue weighted by Gasteiger charge is -2.22. The average Bonchev–Trinajstić information content (AvgIpc) is 3.00. The topological polar surface area (TPSA) is 58.6 Å². The molecule has 1 atom stereocenters. The largest absolute Gasteiger partial charge is 0.381 e. The molecule has 5 nitrogen and oxygen atoms in total. The van der Waals surface area contributed by atoms with Gasteiger partial charge >= 0.3 is 0 Å². The van der Waals surface area contributed by atoms with Gasteiger partial charge in [0.2, 0.25) is 11.8 Å². The van der Waals surface area contributed by atoms with E-state index in [0.29, 0.717) is 38.5 Å². The zero-order chi connectivity index (χ0) is 16.8. The predicted octanol–water partition coefficient (Wildman–Crippen LogP) is 2.24. The summed E-state index contributed by atoms with van der Waals surface area (Å²) in [4.78, 5) is 25.9. The fourth-order valence-corrected chi connectivity index (χ4v) is 3.46. The van der Waals surface area contributed by atoms with Gasteiger partial charge in [-0.15, -0.1) is 0 Å². The molecule has 2 aliphatic heterocycles. The molecule has 2 amide bonds. The number of ether oxygens (including phenoxy) is 1. The maximum atomic E-state index is 12.2. The number of nitrogens with one attached hydrogen (secondary N) is 1. The van der Waals surface area contributed by atoms with Crippen LogP contribution in [0, 0.1) is 5.92 Å². The highest BCUT2D eigenvalue weighted by Gasteiger charge is 2.21. The van der Waals surface area contributed by atoms with Crippen molar-refractivity contribution in [3.8, 4) is 0 Å². The minimum atomic E-state index is 0.0811. The van der Waals surface area contributed by atoms with E-state index in [-0.39, 0.29) is 11.8 Å². The molecule has 0 aliphatic carbocycles. The summed E-state index contributed by atoms with van der Waals surface area (Å²) in [5.41, 5.74) is 2.21. The minimum Gasteiger partial charge on any atom is -0.381 e. The van der Waals surface area contributed by atoms with Gasteiger partial charge < -0.3 is 15.0 Å². The lowest BCUT2D eigenvalue weighted by atomic mass is 9.98. The molecule has 3 rings (SSSR count). The molecular weight excluding hydrogens is 304 g/mol. The summed E-state index contributed by atoms with van der Waals surface area (Å²) in [5, 5.41) is 3.02. The summed E-state index contributed by atoms with van der Waals surface area (Å²) in [6.07, 6.45) is 4.25. The first-order valence-electron chi connectivity index (χ1n) is 8.91. The van der Waals surface area contributed by atoms with E-state index in [4.69, 9.17) is 4.74 Å². The van der Waals surface area contributed by atoms with Crippen LogP contribution in [0.4, 0.5) is 0 Å². The highest BCUT2D eigenvalue weighted by Crippen LogP contribution is 2.18. The summed E-state index contributed by atoms with van der Waals surface area (Å²) in [6, 6.07) is 8.04. The van der Waals surface area contributed by atoms with Gasteiger partial charge in [0.1, 0.15) is 0 Å². The Morgan fingerprint density at radius 2 is 2.08 bits per heavy atom. The van der Waals surface area contributed by atoms with Crippen LogP contribution in [0.3, 0.4) is 0 Å². The SMILES string of the molecule is O=C(C[C@@H]1CCCOC1)NCc1ccccc1CN1CCCC1=O. The molecule has 0 bridgehead atoms. The standard InChI is InChI=1S/C19H26N2O3/c22-18(11-15-5-4-10-24-14-15)20-12-16-6-1-2-7-17(16)13-21-9-3-8-19(21)23/h1-2,6-7,15H,3-5,8-14H2,(H,20,22)/t15-/m0/s1. The Kier molecular flexibility index (Phi) is 5.86. The van der Waals surface area contributed by atoms with Crippen molar-refractivity contribution >= 4 is 11.8 Å². The normalized spacial score (nSPS) is 21.1. The molecule has 2 saturated heterocycles. The second-order valence-electron chi connectivity index (χ2n) is 6.75. The molecule has 130 valence electrons. The van der Waals surface area contributed by atoms with Crippen molar-refractivity contribution in [3.05, 3.63) is 35.4 Å². The highest BCUT2D eigenvalue weighted by atomic mass is 16.5. The molecule has 2 fully saturated rings. The summed E-state index contributed by atoms with van der Waals surface area (Å²) < 4.78 is 5.43. The van der Waals surface area contributed by atoms with Gasteiger partial charge in [0.05, 0.1) is 0 Å². The average molecular weight is 330 g/mol. The Hall–Kier alpha value is -1.88. The Labute approximate surface area is 143 Å². The van der Waals surface area contributed by atoms with E-state index in [1.165, 1.54) is 0 Å². The van der Waals surface area contributed by atoms with Crippen LogP contribution in [0.5, 0.6) is 0 Å². The van der Waals surface area contributed by atoms with Crippen molar-refractivity contribution in [3.63, 3.8) is 0 Å². The molecule has 5 heteroatoms. The molecule has 0 aromatic heterocycles. The fourth-order valence-electron chi connectivity index (χ4n) is 3.46. The van der Waals surface area contributed by atoms with Crippen molar-refractivity contribution < 1.29 is 14.3 Å². The number of nitrogens with zero attached hydrogens (tertiary/aromatic N) is 1. The van der Waals surface area contributed by atoms with Gasteiger partial charge in [-0.05, 0) is 36.3 Å². The molecule has 24 heavy (non-hydrogen) atoms. The van der Waals surface area contributed by atoms with Crippen LogP contribution < -0.4 is 5.32 Å². The van der Waals surface area contributed by atoms with Crippen molar-refractivity contribution in [2.45, 2.75) is 45.2 Å². The van der Waals surface area contributed by atoms with E-state index in [9.17, 15) is 9.59 Å². The Bertz CT molecular complexity index is 582. The first kappa shape index (κ1) is 17.0. The van der Waals surface area contributed by atoms with Crippen molar-refractivity contribution in [1.29, 1.82) is 0 Å². The molecule has 2 heterocycles. The van der Waals surface area contributed by atoms with Gasteiger partial charge in [-0.1, -0.05) is 24.3 Å². The number of amides is 2. The van der Waals surface area contributed by atoms with Crippen molar-refractivity contribution in [2.75, 3.05) is 19.8 Å². The van der Waals surface area contributed by atoms with Crippen LogP contribution in [0.2, 0.25) is 0 Å². The highest BCUT2D eigenvalue weighted by molar-refractivity contribution is 5.78. The third-order valence-corrected chi connectivity index (χ3v) is 4.86. The minimum absolute atomic E-state index is 0.0811. The lowest BCUT2D eigenvalue weighted by molar-refractivity contribution is -0.128. The number of hydrogen-bond acceptors (Lipinski definition) is 3. The van der Waals surface area contributed by atoms with E-state index in [1.54, 1.807) is 0 Å². The van der Waals surface area contributed by atoms with Gasteiger partial charge in [-0.3, -0.25) is 9.59 Å². The Morgan fingerprint density at radius 1 is 1.25 bits per heavy atom. The lowest BCUT2D eigenvalue weighted by Crippen LogP contribution is -2.29. The first-order chi connectivity index (χ1) is 11.7. The molecule has 1 aromatic carbocycles. The van der Waals surface area contributed by atoms with Crippen LogP contribution in [0.15, 0.2) is 24.3 Å². The quantitative estimate of drug-likeness (QED) is 0.870. The van der Waals surface area contributed by atoms with Crippen molar-refractivity contribution in [1.82, 2.24) is 10.2 Å². The van der Waals surface area contributed by atoms with Crippen molar-refractivity contribution in [2.24, 2.45) is 5.92 Å². The summed E-state index contributed by atoms with van der Waals surface area (Å²) in [7, 11) is 0. The molecule has 1 aromatic rings. The molecule has 0 spiro atoms. The van der Waals surface area contributed by atoms with Crippen LogP contribution in [0.25, 0.3) is 0 Å². The first-order valence-corrected chi connectivity index (χ1v) is 8.91. The number of carbonyl (C=O) groups excluding carboxylic acids is 2. The number of rotatable bonds is 6. The number of benzene rings is 1. The smallest absolute Gasteiger partial charge is 0.222 e. The maximum Gasteiger partial charge on any atom is 0.222 e. The molecule has 1 N–H and O–H groups in total. The van der Waals surface area contributed by atoms with Crippen LogP contribution in [0.1, 0.15) is 43.2 Å². The Morgan fingerprint density at radius 3 is 2.79 bits per heavy atom. The third kappa shape index (κ3) is 4.57. The fraction of sp³-hybridized carbons (Fsp3) is 0.579. The number of hydrogen-bond donors (Lipinski definition) is 1. The van der Waals surface area contributed by atoms with E-state index in [0.717, 1.165) is 43.5 Å². The molecule has 2 aliphatic rings. The van der Waals surface area contributed by atoms with Crippen LogP contribution >= 0.6 is 0 Å². The van der Waals surface area contributed by atoms with E-state index < -0.39 is 0 Å². The van der Waals surface area contributed by atoms with Crippen LogP contribution in [-0.2, 0) is 27.4 Å².